The van der Waals surface area contributed by atoms with Gasteiger partial charge in [0.15, 0.2) is 15.6 Å². The Morgan fingerprint density at radius 3 is 2.12 bits per heavy atom. The molecule has 5 heteroatoms. The number of hydrogen-bond acceptors (Lipinski definition) is 3. The van der Waals surface area contributed by atoms with Crippen LogP contribution in [0, 0.1) is 0 Å². The summed E-state index contributed by atoms with van der Waals surface area (Å²) in [5.74, 6) is -0.0616. The van der Waals surface area contributed by atoms with E-state index in [1.807, 2.05) is 0 Å². The summed E-state index contributed by atoms with van der Waals surface area (Å²) in [6.07, 6.45) is 0. The molecule has 0 saturated carbocycles. The maximum atomic E-state index is 11.8. The smallest absolute Gasteiger partial charge is 0.180 e. The molecule has 1 rings (SSSR count). The molecule has 0 spiro atoms. The van der Waals surface area contributed by atoms with E-state index in [2.05, 4.69) is 15.9 Å². The number of benzene rings is 1. The molecule has 88 valence electrons. The zero-order valence-corrected chi connectivity index (χ0v) is 11.5. The fourth-order valence-electron chi connectivity index (χ4n) is 1.18. The van der Waals surface area contributed by atoms with Crippen LogP contribution in [0.25, 0.3) is 0 Å². The van der Waals surface area contributed by atoms with Gasteiger partial charge >= 0.3 is 0 Å². The molecule has 0 heterocycles. The van der Waals surface area contributed by atoms with Gasteiger partial charge in [-0.2, -0.15) is 0 Å². The van der Waals surface area contributed by atoms with Crippen LogP contribution in [-0.2, 0) is 9.84 Å². The van der Waals surface area contributed by atoms with Gasteiger partial charge in [0.05, 0.1) is 15.5 Å². The molecule has 1 aromatic carbocycles. The zero-order chi connectivity index (χ0) is 12.3. The third-order valence-electron chi connectivity index (χ3n) is 2.25. The molecule has 0 aromatic heterocycles. The highest BCUT2D eigenvalue weighted by Crippen LogP contribution is 2.16. The molecule has 0 saturated heterocycles. The molecule has 16 heavy (non-hydrogen) atoms. The molecule has 0 aliphatic rings. The van der Waals surface area contributed by atoms with Crippen LogP contribution in [0.15, 0.2) is 29.2 Å². The Labute approximate surface area is 104 Å². The highest BCUT2D eigenvalue weighted by molar-refractivity contribution is 9.09. The third-order valence-corrected chi connectivity index (χ3v) is 4.93. The minimum absolute atomic E-state index is 0.0616. The number of rotatable bonds is 4. The largest absolute Gasteiger partial charge is 0.293 e. The highest BCUT2D eigenvalue weighted by atomic mass is 79.9. The molecule has 1 aromatic rings. The number of carbonyl (C=O) groups is 1. The van der Waals surface area contributed by atoms with Gasteiger partial charge in [0.2, 0.25) is 0 Å². The standard InChI is InChI=1S/C11H13BrO3S/c1-8(2)16(14,15)10-5-3-9(4-6-10)11(13)7-12/h3-6,8H,7H2,1-2H3. The number of Topliss-reactive ketones (excluding diaryl/α,β-unsaturated/α-hetero) is 1. The Kier molecular flexibility index (Phi) is 4.27. The topological polar surface area (TPSA) is 51.2 Å². The number of alkyl halides is 1. The van der Waals surface area contributed by atoms with Gasteiger partial charge in [0.25, 0.3) is 0 Å². The molecule has 0 amide bonds. The normalized spacial score (nSPS) is 11.8. The average molecular weight is 305 g/mol. The first-order valence-electron chi connectivity index (χ1n) is 4.82. The lowest BCUT2D eigenvalue weighted by Gasteiger charge is -2.07. The van der Waals surface area contributed by atoms with Gasteiger partial charge in [-0.3, -0.25) is 4.79 Å². The van der Waals surface area contributed by atoms with Crippen molar-refractivity contribution in [1.82, 2.24) is 0 Å². The summed E-state index contributed by atoms with van der Waals surface area (Å²) in [6, 6.07) is 6.04. The van der Waals surface area contributed by atoms with E-state index < -0.39 is 15.1 Å². The Balaban J connectivity index is 3.10. The van der Waals surface area contributed by atoms with Crippen LogP contribution in [0.3, 0.4) is 0 Å². The monoisotopic (exact) mass is 304 g/mol. The van der Waals surface area contributed by atoms with Crippen LogP contribution in [0.1, 0.15) is 24.2 Å². The van der Waals surface area contributed by atoms with E-state index in [1.165, 1.54) is 12.1 Å². The molecule has 0 N–H and O–H groups in total. The number of sulfone groups is 1. The molecule has 0 aliphatic heterocycles. The predicted octanol–water partition coefficient (Wildman–Crippen LogP) is 2.45. The third kappa shape index (κ3) is 2.71. The lowest BCUT2D eigenvalue weighted by molar-refractivity contribution is 0.102. The summed E-state index contributed by atoms with van der Waals surface area (Å²) in [7, 11) is -3.25. The van der Waals surface area contributed by atoms with Gasteiger partial charge in [-0.1, -0.05) is 28.1 Å². The second kappa shape index (κ2) is 5.10. The lowest BCUT2D eigenvalue weighted by Crippen LogP contribution is -2.14. The van der Waals surface area contributed by atoms with Gasteiger partial charge in [-0.05, 0) is 26.0 Å². The second-order valence-corrected chi connectivity index (χ2v) is 6.74. The van der Waals surface area contributed by atoms with E-state index in [9.17, 15) is 13.2 Å². The summed E-state index contributed by atoms with van der Waals surface area (Å²) >= 11 is 3.06. The Hall–Kier alpha value is -0.680. The minimum atomic E-state index is -3.25. The fourth-order valence-corrected chi connectivity index (χ4v) is 2.56. The predicted molar refractivity (Wildman–Crippen MR) is 66.9 cm³/mol. The van der Waals surface area contributed by atoms with Crippen molar-refractivity contribution in [2.75, 3.05) is 5.33 Å². The van der Waals surface area contributed by atoms with Crippen LogP contribution in [-0.4, -0.2) is 24.8 Å². The van der Waals surface area contributed by atoms with Crippen molar-refractivity contribution in [3.05, 3.63) is 29.8 Å². The van der Waals surface area contributed by atoms with E-state index in [1.54, 1.807) is 26.0 Å². The number of carbonyl (C=O) groups excluding carboxylic acids is 1. The fraction of sp³-hybridized carbons (Fsp3) is 0.364. The lowest BCUT2D eigenvalue weighted by atomic mass is 10.2. The minimum Gasteiger partial charge on any atom is -0.293 e. The molecular formula is C11H13BrO3S. The summed E-state index contributed by atoms with van der Waals surface area (Å²) in [6.45, 7) is 3.26. The molecule has 0 atom stereocenters. The van der Waals surface area contributed by atoms with Crippen molar-refractivity contribution in [2.24, 2.45) is 0 Å². The molecule has 0 unspecified atom stereocenters. The maximum Gasteiger partial charge on any atom is 0.180 e. The van der Waals surface area contributed by atoms with E-state index in [-0.39, 0.29) is 16.0 Å². The SMILES string of the molecule is CC(C)S(=O)(=O)c1ccc(C(=O)CBr)cc1. The zero-order valence-electron chi connectivity index (χ0n) is 9.10. The molecule has 0 aliphatic carbocycles. The summed E-state index contributed by atoms with van der Waals surface area (Å²) in [4.78, 5) is 11.6. The van der Waals surface area contributed by atoms with Crippen LogP contribution < -0.4 is 0 Å². The summed E-state index contributed by atoms with van der Waals surface area (Å²) in [5.41, 5.74) is 0.514. The van der Waals surface area contributed by atoms with Crippen LogP contribution in [0.2, 0.25) is 0 Å². The quantitative estimate of drug-likeness (QED) is 0.634. The van der Waals surface area contributed by atoms with Crippen molar-refractivity contribution in [3.8, 4) is 0 Å². The summed E-state index contributed by atoms with van der Waals surface area (Å²) in [5, 5.41) is -0.214. The van der Waals surface area contributed by atoms with Gasteiger partial charge in [-0.15, -0.1) is 0 Å². The van der Waals surface area contributed by atoms with Crippen molar-refractivity contribution in [3.63, 3.8) is 0 Å². The second-order valence-electron chi connectivity index (χ2n) is 3.67. The van der Waals surface area contributed by atoms with E-state index in [0.717, 1.165) is 0 Å². The highest BCUT2D eigenvalue weighted by Gasteiger charge is 2.19. The first kappa shape index (κ1) is 13.4. The van der Waals surface area contributed by atoms with Gasteiger partial charge in [0, 0.05) is 5.56 Å². The van der Waals surface area contributed by atoms with Crippen molar-refractivity contribution >= 4 is 31.6 Å². The van der Waals surface area contributed by atoms with Crippen molar-refractivity contribution in [1.29, 1.82) is 0 Å². The van der Waals surface area contributed by atoms with E-state index in [4.69, 9.17) is 0 Å². The van der Waals surface area contributed by atoms with Crippen LogP contribution >= 0.6 is 15.9 Å². The molecular weight excluding hydrogens is 292 g/mol. The first-order chi connectivity index (χ1) is 7.39. The molecule has 0 radical (unpaired) electrons. The average Bonchev–Trinajstić information content (AvgIpc) is 2.28. The van der Waals surface area contributed by atoms with Gasteiger partial charge in [0.1, 0.15) is 0 Å². The van der Waals surface area contributed by atoms with Crippen LogP contribution in [0.5, 0.6) is 0 Å². The molecule has 0 fully saturated rings. The Bertz CT molecular complexity index is 474. The summed E-state index contributed by atoms with van der Waals surface area (Å²) < 4.78 is 23.6. The van der Waals surface area contributed by atoms with Crippen molar-refractivity contribution in [2.45, 2.75) is 24.0 Å². The van der Waals surface area contributed by atoms with E-state index in [0.29, 0.717) is 5.56 Å². The van der Waals surface area contributed by atoms with E-state index >= 15 is 0 Å². The van der Waals surface area contributed by atoms with Gasteiger partial charge < -0.3 is 0 Å². The number of ketones is 1. The number of hydrogen-bond donors (Lipinski definition) is 0. The van der Waals surface area contributed by atoms with Crippen molar-refractivity contribution < 1.29 is 13.2 Å². The number of halogens is 1. The first-order valence-corrected chi connectivity index (χ1v) is 7.49. The maximum absolute atomic E-state index is 11.8. The Morgan fingerprint density at radius 2 is 1.75 bits per heavy atom. The Morgan fingerprint density at radius 1 is 1.25 bits per heavy atom. The van der Waals surface area contributed by atoms with Crippen LogP contribution in [0.4, 0.5) is 0 Å². The molecule has 0 bridgehead atoms. The van der Waals surface area contributed by atoms with Gasteiger partial charge in [-0.25, -0.2) is 8.42 Å². The molecule has 3 nitrogen and oxygen atoms in total.